The molecule has 17 heavy (non-hydrogen) atoms. The molecule has 0 aliphatic carbocycles. The maximum atomic E-state index is 3.84. The Morgan fingerprint density at radius 3 is 2.76 bits per heavy atom. The van der Waals surface area contributed by atoms with Crippen molar-refractivity contribution in [2.75, 3.05) is 0 Å². The van der Waals surface area contributed by atoms with Gasteiger partial charge in [-0.1, -0.05) is 42.5 Å². The van der Waals surface area contributed by atoms with Crippen molar-refractivity contribution in [2.45, 2.75) is 25.9 Å². The molecule has 1 aliphatic heterocycles. The van der Waals surface area contributed by atoms with Crippen LogP contribution in [-0.2, 0) is 6.54 Å². The molecule has 0 unspecified atom stereocenters. The third-order valence-corrected chi connectivity index (χ3v) is 3.43. The fraction of sp³-hybridized carbons (Fsp3) is 0.312. The highest BCUT2D eigenvalue weighted by atomic mass is 15.0. The van der Waals surface area contributed by atoms with E-state index in [4.69, 9.17) is 0 Å². The number of benzene rings is 1. The van der Waals surface area contributed by atoms with Gasteiger partial charge in [0.15, 0.2) is 18.8 Å². The summed E-state index contributed by atoms with van der Waals surface area (Å²) in [4.78, 5) is 0. The van der Waals surface area contributed by atoms with E-state index in [1.165, 1.54) is 5.56 Å². The van der Waals surface area contributed by atoms with Crippen molar-refractivity contribution in [3.05, 3.63) is 60.7 Å². The monoisotopic (exact) mass is 226 g/mol. The Kier molecular flexibility index (Phi) is 3.92. The normalized spacial score (nSPS) is 23.2. The van der Waals surface area contributed by atoms with Crippen molar-refractivity contribution in [1.82, 2.24) is 0 Å². The summed E-state index contributed by atoms with van der Waals surface area (Å²) in [6.45, 7) is 7.11. The lowest BCUT2D eigenvalue weighted by molar-refractivity contribution is -0.580. The van der Waals surface area contributed by atoms with E-state index in [0.717, 1.165) is 13.0 Å². The molecule has 0 saturated heterocycles. The highest BCUT2D eigenvalue weighted by Gasteiger charge is 2.25. The molecule has 0 radical (unpaired) electrons. The van der Waals surface area contributed by atoms with Gasteiger partial charge in [-0.2, -0.15) is 0 Å². The highest BCUT2D eigenvalue weighted by Crippen LogP contribution is 2.18. The minimum absolute atomic E-state index is 0.540. The number of hydrogen-bond acceptors (Lipinski definition) is 0. The van der Waals surface area contributed by atoms with Crippen LogP contribution in [0, 0.1) is 5.92 Å². The lowest BCUT2D eigenvalue weighted by atomic mass is 9.94. The molecule has 1 heterocycles. The molecule has 1 heteroatoms. The smallest absolute Gasteiger partial charge is 0.168 e. The molecule has 0 N–H and O–H groups in total. The first kappa shape index (κ1) is 11.8. The van der Waals surface area contributed by atoms with Gasteiger partial charge in [0.2, 0.25) is 0 Å². The minimum atomic E-state index is 0.540. The third kappa shape index (κ3) is 2.94. The Morgan fingerprint density at radius 2 is 2.06 bits per heavy atom. The third-order valence-electron chi connectivity index (χ3n) is 3.43. The summed E-state index contributed by atoms with van der Waals surface area (Å²) in [6.07, 6.45) is 9.70. The van der Waals surface area contributed by atoms with Crippen LogP contribution in [0.4, 0.5) is 0 Å². The molecule has 0 amide bonds. The van der Waals surface area contributed by atoms with E-state index in [1.54, 1.807) is 0 Å². The van der Waals surface area contributed by atoms with E-state index >= 15 is 0 Å². The quantitative estimate of drug-likeness (QED) is 0.546. The second-order valence-electron chi connectivity index (χ2n) is 4.62. The number of rotatable bonds is 4. The van der Waals surface area contributed by atoms with Gasteiger partial charge in [0.1, 0.15) is 0 Å². The van der Waals surface area contributed by atoms with E-state index in [0.29, 0.717) is 12.0 Å². The van der Waals surface area contributed by atoms with Crippen LogP contribution in [0.25, 0.3) is 0 Å². The molecule has 0 bridgehead atoms. The predicted octanol–water partition coefficient (Wildman–Crippen LogP) is 3.42. The predicted molar refractivity (Wildman–Crippen MR) is 73.4 cm³/mol. The van der Waals surface area contributed by atoms with Gasteiger partial charge in [-0.25, -0.2) is 4.58 Å². The zero-order valence-electron chi connectivity index (χ0n) is 10.4. The molecule has 88 valence electrons. The molecule has 1 aliphatic rings. The van der Waals surface area contributed by atoms with Crippen LogP contribution in [0.15, 0.2) is 55.1 Å². The summed E-state index contributed by atoms with van der Waals surface area (Å²) in [5, 5.41) is 0. The molecule has 0 fully saturated rings. The van der Waals surface area contributed by atoms with Gasteiger partial charge in [-0.3, -0.25) is 0 Å². The van der Waals surface area contributed by atoms with Gasteiger partial charge in [-0.15, -0.1) is 6.58 Å². The van der Waals surface area contributed by atoms with Gasteiger partial charge in [0.25, 0.3) is 0 Å². The lowest BCUT2D eigenvalue weighted by Crippen LogP contribution is -2.32. The van der Waals surface area contributed by atoms with Gasteiger partial charge >= 0.3 is 0 Å². The summed E-state index contributed by atoms with van der Waals surface area (Å²) in [5.74, 6) is 0.584. The molecular formula is C16H20N+. The van der Waals surface area contributed by atoms with Gasteiger partial charge in [0, 0.05) is 11.5 Å². The first-order valence-electron chi connectivity index (χ1n) is 6.23. The van der Waals surface area contributed by atoms with Crippen LogP contribution in [0.1, 0.15) is 18.9 Å². The van der Waals surface area contributed by atoms with Crippen LogP contribution < -0.4 is 0 Å². The summed E-state index contributed by atoms with van der Waals surface area (Å²) < 4.78 is 2.41. The molecule has 2 atom stereocenters. The molecule has 2 rings (SSSR count). The van der Waals surface area contributed by atoms with E-state index in [9.17, 15) is 0 Å². The van der Waals surface area contributed by atoms with Crippen LogP contribution in [0.3, 0.4) is 0 Å². The van der Waals surface area contributed by atoms with Crippen molar-refractivity contribution >= 4 is 6.21 Å². The van der Waals surface area contributed by atoms with E-state index in [-0.39, 0.29) is 0 Å². The van der Waals surface area contributed by atoms with Crippen molar-refractivity contribution in [3.8, 4) is 0 Å². The summed E-state index contributed by atoms with van der Waals surface area (Å²) in [7, 11) is 0. The SMILES string of the molecule is C=CC[C@H]1C=CC=[N+](Cc2ccccc2)[C@@H]1C. The summed E-state index contributed by atoms with van der Waals surface area (Å²) in [6, 6.07) is 11.2. The second kappa shape index (κ2) is 5.62. The molecular weight excluding hydrogens is 206 g/mol. The number of allylic oxidation sites excluding steroid dienone is 2. The largest absolute Gasteiger partial charge is 0.229 e. The molecule has 0 saturated carbocycles. The molecule has 0 spiro atoms. The zero-order chi connectivity index (χ0) is 12.1. The van der Waals surface area contributed by atoms with E-state index in [2.05, 4.69) is 66.8 Å². The molecule has 1 aromatic carbocycles. The average Bonchev–Trinajstić information content (AvgIpc) is 2.36. The first-order valence-corrected chi connectivity index (χ1v) is 6.23. The Morgan fingerprint density at radius 1 is 1.29 bits per heavy atom. The fourth-order valence-electron chi connectivity index (χ4n) is 2.30. The van der Waals surface area contributed by atoms with Crippen molar-refractivity contribution in [3.63, 3.8) is 0 Å². The Bertz CT molecular complexity index is 428. The standard InChI is InChI=1S/C16H20N/c1-3-8-16-11-7-12-17(14(16)2)13-15-9-5-4-6-10-15/h3-7,9-12,14,16H,1,8,13H2,2H3/q+1/t14-,16+/m1/s1. The fourth-order valence-corrected chi connectivity index (χ4v) is 2.30. The maximum absolute atomic E-state index is 3.84. The molecule has 1 aromatic rings. The average molecular weight is 226 g/mol. The molecule has 1 nitrogen and oxygen atoms in total. The first-order chi connectivity index (χ1) is 8.31. The van der Waals surface area contributed by atoms with Crippen molar-refractivity contribution in [1.29, 1.82) is 0 Å². The summed E-state index contributed by atoms with van der Waals surface area (Å²) >= 11 is 0. The van der Waals surface area contributed by atoms with Crippen LogP contribution in [-0.4, -0.2) is 16.8 Å². The summed E-state index contributed by atoms with van der Waals surface area (Å²) in [5.41, 5.74) is 1.36. The Hall–Kier alpha value is -1.63. The van der Waals surface area contributed by atoms with Gasteiger partial charge < -0.3 is 0 Å². The minimum Gasteiger partial charge on any atom is -0.229 e. The maximum Gasteiger partial charge on any atom is 0.168 e. The highest BCUT2D eigenvalue weighted by molar-refractivity contribution is 5.67. The van der Waals surface area contributed by atoms with Crippen LogP contribution >= 0.6 is 0 Å². The number of hydrogen-bond donors (Lipinski definition) is 0. The second-order valence-corrected chi connectivity index (χ2v) is 4.62. The van der Waals surface area contributed by atoms with Gasteiger partial charge in [-0.05, 0) is 19.4 Å². The van der Waals surface area contributed by atoms with Crippen molar-refractivity contribution < 1.29 is 4.58 Å². The number of nitrogens with zero attached hydrogens (tertiary/aromatic N) is 1. The zero-order valence-corrected chi connectivity index (χ0v) is 10.4. The lowest BCUT2D eigenvalue weighted by Gasteiger charge is -2.21. The van der Waals surface area contributed by atoms with Crippen LogP contribution in [0.2, 0.25) is 0 Å². The van der Waals surface area contributed by atoms with Gasteiger partial charge in [0.05, 0.1) is 0 Å². The van der Waals surface area contributed by atoms with E-state index in [1.807, 2.05) is 6.08 Å². The topological polar surface area (TPSA) is 3.01 Å². The molecule has 0 aromatic heterocycles. The Balaban J connectivity index is 2.09. The van der Waals surface area contributed by atoms with Crippen molar-refractivity contribution in [2.24, 2.45) is 5.92 Å². The van der Waals surface area contributed by atoms with E-state index < -0.39 is 0 Å². The Labute approximate surface area is 104 Å². The van der Waals surface area contributed by atoms with Crippen LogP contribution in [0.5, 0.6) is 0 Å².